The Morgan fingerprint density at radius 2 is 1.91 bits per heavy atom. The maximum Gasteiger partial charge on any atom is 0.252 e. The number of aryl methyl sites for hydroxylation is 2. The van der Waals surface area contributed by atoms with E-state index in [0.29, 0.717) is 37.6 Å². The van der Waals surface area contributed by atoms with Crippen molar-refractivity contribution in [3.05, 3.63) is 86.7 Å². The van der Waals surface area contributed by atoms with E-state index in [2.05, 4.69) is 26.6 Å². The van der Waals surface area contributed by atoms with Gasteiger partial charge in [0.2, 0.25) is 0 Å². The summed E-state index contributed by atoms with van der Waals surface area (Å²) in [5.41, 5.74) is 4.31. The largest absolute Gasteiger partial charge is 0.395 e. The Morgan fingerprint density at radius 3 is 2.66 bits per heavy atom. The molecule has 0 amide bonds. The summed E-state index contributed by atoms with van der Waals surface area (Å²) in [5.74, 6) is 0.289. The molecule has 0 radical (unpaired) electrons. The third-order valence-electron chi connectivity index (χ3n) is 5.42. The maximum atomic E-state index is 13.2. The molecule has 2 aromatic heterocycles. The number of fused-ring (bicyclic) bond motifs is 1. The van der Waals surface area contributed by atoms with Crippen molar-refractivity contribution >= 4 is 10.9 Å². The first-order chi connectivity index (χ1) is 15.4. The van der Waals surface area contributed by atoms with Gasteiger partial charge in [-0.3, -0.25) is 9.69 Å². The number of aliphatic hydroxyl groups is 1. The summed E-state index contributed by atoms with van der Waals surface area (Å²) < 4.78 is 14.8. The highest BCUT2D eigenvalue weighted by atomic mass is 19.1. The van der Waals surface area contributed by atoms with Crippen LogP contribution in [0.2, 0.25) is 0 Å². The summed E-state index contributed by atoms with van der Waals surface area (Å²) in [6.45, 7) is 5.38. The molecule has 166 valence electrons. The SMILES string of the molecule is Cc1cc(C)c2cc(CN(CCO)Cc3nnnn3Cc3ccc(F)cc3)c(=O)[nH]c2c1. The van der Waals surface area contributed by atoms with Crippen molar-refractivity contribution in [3.8, 4) is 0 Å². The average molecular weight is 436 g/mol. The number of aliphatic hydroxyl groups excluding tert-OH is 1. The Morgan fingerprint density at radius 1 is 1.12 bits per heavy atom. The molecular weight excluding hydrogens is 411 g/mol. The molecule has 4 aromatic rings. The smallest absolute Gasteiger partial charge is 0.252 e. The second-order valence-corrected chi connectivity index (χ2v) is 7.98. The minimum absolute atomic E-state index is 0.0662. The van der Waals surface area contributed by atoms with E-state index < -0.39 is 0 Å². The summed E-state index contributed by atoms with van der Waals surface area (Å²) >= 11 is 0. The van der Waals surface area contributed by atoms with Crippen LogP contribution in [0, 0.1) is 19.7 Å². The Kier molecular flexibility index (Phi) is 6.38. The third-order valence-corrected chi connectivity index (χ3v) is 5.42. The van der Waals surface area contributed by atoms with Crippen LogP contribution in [-0.4, -0.2) is 48.3 Å². The lowest BCUT2D eigenvalue weighted by atomic mass is 10.0. The summed E-state index contributed by atoms with van der Waals surface area (Å²) in [4.78, 5) is 17.6. The predicted molar refractivity (Wildman–Crippen MR) is 119 cm³/mol. The highest BCUT2D eigenvalue weighted by molar-refractivity contribution is 5.83. The fraction of sp³-hybridized carbons (Fsp3) is 0.304. The third kappa shape index (κ3) is 4.90. The first-order valence-corrected chi connectivity index (χ1v) is 10.4. The van der Waals surface area contributed by atoms with Gasteiger partial charge in [0.15, 0.2) is 5.82 Å². The molecule has 2 heterocycles. The monoisotopic (exact) mass is 436 g/mol. The van der Waals surface area contributed by atoms with E-state index in [1.54, 1.807) is 16.8 Å². The fourth-order valence-corrected chi connectivity index (χ4v) is 3.85. The number of tetrazole rings is 1. The van der Waals surface area contributed by atoms with Crippen LogP contribution in [0.15, 0.2) is 47.3 Å². The second-order valence-electron chi connectivity index (χ2n) is 7.98. The van der Waals surface area contributed by atoms with Gasteiger partial charge in [-0.05, 0) is 65.2 Å². The molecule has 9 heteroatoms. The zero-order valence-corrected chi connectivity index (χ0v) is 18.0. The number of rotatable bonds is 8. The molecule has 0 aliphatic rings. The van der Waals surface area contributed by atoms with Gasteiger partial charge in [-0.1, -0.05) is 18.2 Å². The molecule has 0 saturated heterocycles. The van der Waals surface area contributed by atoms with E-state index in [9.17, 15) is 14.3 Å². The van der Waals surface area contributed by atoms with Gasteiger partial charge in [0.1, 0.15) is 5.82 Å². The summed E-state index contributed by atoms with van der Waals surface area (Å²) in [6.07, 6.45) is 0. The van der Waals surface area contributed by atoms with Crippen molar-refractivity contribution in [1.82, 2.24) is 30.1 Å². The van der Waals surface area contributed by atoms with Crippen LogP contribution in [0.25, 0.3) is 10.9 Å². The van der Waals surface area contributed by atoms with Crippen LogP contribution < -0.4 is 5.56 Å². The van der Waals surface area contributed by atoms with E-state index in [1.165, 1.54) is 12.1 Å². The number of hydrogen-bond donors (Lipinski definition) is 2. The second kappa shape index (κ2) is 9.37. The molecule has 0 spiro atoms. The molecule has 4 rings (SSSR count). The zero-order valence-electron chi connectivity index (χ0n) is 18.0. The molecule has 2 N–H and O–H groups in total. The Hall–Kier alpha value is -3.43. The van der Waals surface area contributed by atoms with Crippen LogP contribution >= 0.6 is 0 Å². The van der Waals surface area contributed by atoms with Crippen molar-refractivity contribution in [2.24, 2.45) is 0 Å². The van der Waals surface area contributed by atoms with Crippen LogP contribution in [0.3, 0.4) is 0 Å². The van der Waals surface area contributed by atoms with Gasteiger partial charge >= 0.3 is 0 Å². The van der Waals surface area contributed by atoms with Crippen molar-refractivity contribution < 1.29 is 9.50 Å². The predicted octanol–water partition coefficient (Wildman–Crippen LogP) is 2.31. The first-order valence-electron chi connectivity index (χ1n) is 10.4. The number of nitrogens with zero attached hydrogens (tertiary/aromatic N) is 5. The Balaban J connectivity index is 1.57. The summed E-state index contributed by atoms with van der Waals surface area (Å²) in [7, 11) is 0. The molecule has 0 aliphatic heterocycles. The maximum absolute atomic E-state index is 13.2. The molecular formula is C23H25FN6O2. The number of aromatic amines is 1. The van der Waals surface area contributed by atoms with Gasteiger partial charge in [-0.15, -0.1) is 5.10 Å². The number of H-pyrrole nitrogens is 1. The summed E-state index contributed by atoms with van der Waals surface area (Å²) in [5, 5.41) is 22.5. The number of pyridine rings is 1. The van der Waals surface area contributed by atoms with E-state index >= 15 is 0 Å². The molecule has 8 nitrogen and oxygen atoms in total. The molecule has 0 bridgehead atoms. The number of benzene rings is 2. The highest BCUT2D eigenvalue weighted by Gasteiger charge is 2.15. The topological polar surface area (TPSA) is 99.9 Å². The van der Waals surface area contributed by atoms with Gasteiger partial charge in [-0.25, -0.2) is 9.07 Å². The lowest BCUT2D eigenvalue weighted by molar-refractivity contribution is 0.179. The van der Waals surface area contributed by atoms with Gasteiger partial charge in [0.05, 0.1) is 19.7 Å². The number of nitrogens with one attached hydrogen (secondary N) is 1. The molecule has 32 heavy (non-hydrogen) atoms. The van der Waals surface area contributed by atoms with Crippen LogP contribution in [0.4, 0.5) is 4.39 Å². The van der Waals surface area contributed by atoms with Gasteiger partial charge in [0.25, 0.3) is 5.56 Å². The number of aromatic nitrogens is 5. The van der Waals surface area contributed by atoms with Crippen molar-refractivity contribution in [1.29, 1.82) is 0 Å². The van der Waals surface area contributed by atoms with Crippen molar-refractivity contribution in [2.45, 2.75) is 33.5 Å². The quantitative estimate of drug-likeness (QED) is 0.440. The van der Waals surface area contributed by atoms with E-state index in [-0.39, 0.29) is 18.0 Å². The normalized spacial score (nSPS) is 11.5. The highest BCUT2D eigenvalue weighted by Crippen LogP contribution is 2.19. The van der Waals surface area contributed by atoms with Crippen LogP contribution in [-0.2, 0) is 19.6 Å². The van der Waals surface area contributed by atoms with E-state index in [1.807, 2.05) is 30.9 Å². The molecule has 0 unspecified atom stereocenters. The van der Waals surface area contributed by atoms with Gasteiger partial charge in [0, 0.05) is 29.6 Å². The molecule has 2 aromatic carbocycles. The number of halogens is 1. The number of hydrogen-bond acceptors (Lipinski definition) is 6. The average Bonchev–Trinajstić information content (AvgIpc) is 3.17. The van der Waals surface area contributed by atoms with Crippen LogP contribution in [0.1, 0.15) is 28.1 Å². The van der Waals surface area contributed by atoms with Crippen LogP contribution in [0.5, 0.6) is 0 Å². The standard InChI is InChI=1S/C23H25FN6O2/c1-15-9-16(2)20-11-18(23(32)25-21(20)10-15)13-29(7-8-31)14-22-26-27-28-30(22)12-17-3-5-19(24)6-4-17/h3-6,9-11,31H,7-8,12-14H2,1-2H3,(H,25,32). The zero-order chi connectivity index (χ0) is 22.7. The lowest BCUT2D eigenvalue weighted by Gasteiger charge is -2.21. The van der Waals surface area contributed by atoms with Gasteiger partial charge in [-0.2, -0.15) is 0 Å². The minimum Gasteiger partial charge on any atom is -0.395 e. The Labute approximate surface area is 184 Å². The fourth-order valence-electron chi connectivity index (χ4n) is 3.85. The molecule has 0 atom stereocenters. The molecule has 0 fully saturated rings. The lowest BCUT2D eigenvalue weighted by Crippen LogP contribution is -2.30. The summed E-state index contributed by atoms with van der Waals surface area (Å²) in [6, 6.07) is 12.1. The van der Waals surface area contributed by atoms with E-state index in [4.69, 9.17) is 0 Å². The minimum atomic E-state index is -0.300. The van der Waals surface area contributed by atoms with Crippen molar-refractivity contribution in [2.75, 3.05) is 13.2 Å². The first kappa shape index (κ1) is 21.8. The van der Waals surface area contributed by atoms with E-state index in [0.717, 1.165) is 27.6 Å². The van der Waals surface area contributed by atoms with Gasteiger partial charge < -0.3 is 10.1 Å². The molecule has 0 saturated carbocycles. The molecule has 0 aliphatic carbocycles. The van der Waals surface area contributed by atoms with Crippen molar-refractivity contribution in [3.63, 3.8) is 0 Å². The Bertz CT molecular complexity index is 1280.